The van der Waals surface area contributed by atoms with Crippen LogP contribution in [0.2, 0.25) is 10.0 Å². The third kappa shape index (κ3) is 2.72. The van der Waals surface area contributed by atoms with Crippen molar-refractivity contribution in [3.8, 4) is 0 Å². The molecule has 0 spiro atoms. The predicted molar refractivity (Wildman–Crippen MR) is 101 cm³/mol. The summed E-state index contributed by atoms with van der Waals surface area (Å²) >= 11 is 12.3. The molecule has 1 N–H and O–H groups in total. The van der Waals surface area contributed by atoms with Gasteiger partial charge in [0.15, 0.2) is 0 Å². The molecule has 128 valence electrons. The van der Waals surface area contributed by atoms with Crippen molar-refractivity contribution in [2.75, 3.05) is 12.4 Å². The van der Waals surface area contributed by atoms with Gasteiger partial charge in [0.1, 0.15) is 0 Å². The van der Waals surface area contributed by atoms with Gasteiger partial charge in [0.05, 0.1) is 34.4 Å². The lowest BCUT2D eigenvalue weighted by atomic mass is 9.76. The monoisotopic (exact) mass is 373 g/mol. The van der Waals surface area contributed by atoms with Gasteiger partial charge >= 0.3 is 5.97 Å². The molecule has 0 unspecified atom stereocenters. The van der Waals surface area contributed by atoms with Crippen molar-refractivity contribution in [2.45, 2.75) is 18.4 Å². The van der Waals surface area contributed by atoms with Crippen LogP contribution in [0, 0.1) is 5.92 Å². The Balaban J connectivity index is 1.83. The molecule has 4 rings (SSSR count). The van der Waals surface area contributed by atoms with Crippen LogP contribution in [0.1, 0.15) is 39.9 Å². The molecule has 0 bridgehead atoms. The van der Waals surface area contributed by atoms with Crippen molar-refractivity contribution in [3.63, 3.8) is 0 Å². The number of para-hydroxylation sites is 1. The minimum atomic E-state index is -0.335. The molecule has 3 nitrogen and oxygen atoms in total. The van der Waals surface area contributed by atoms with Crippen molar-refractivity contribution in [1.82, 2.24) is 0 Å². The average Bonchev–Trinajstić information content (AvgIpc) is 3.12. The fourth-order valence-electron chi connectivity index (χ4n) is 3.94. The molecule has 0 aromatic heterocycles. The zero-order chi connectivity index (χ0) is 17.6. The van der Waals surface area contributed by atoms with Crippen LogP contribution in [0.5, 0.6) is 0 Å². The summed E-state index contributed by atoms with van der Waals surface area (Å²) in [7, 11) is 1.40. The number of carbonyl (C=O) groups excluding carboxylic acids is 1. The molecular weight excluding hydrogens is 357 g/mol. The van der Waals surface area contributed by atoms with Gasteiger partial charge in [-0.2, -0.15) is 0 Å². The van der Waals surface area contributed by atoms with Crippen molar-refractivity contribution in [3.05, 3.63) is 75.3 Å². The second-order valence-electron chi connectivity index (χ2n) is 6.41. The summed E-state index contributed by atoms with van der Waals surface area (Å²) in [4.78, 5) is 12.2. The van der Waals surface area contributed by atoms with Crippen molar-refractivity contribution in [1.29, 1.82) is 0 Å². The standard InChI is InChI=1S/C20H17Cl2NO2/c1-25-20(24)15-7-3-6-14-12-4-2-5-13(12)18(23-19(14)15)11-8-9-16(21)17(22)10-11/h2-4,6-10,12-13,18,23H,5H2,1H3/t12-,13+,18+/m1/s1. The number of ether oxygens (including phenoxy) is 1. The van der Waals surface area contributed by atoms with E-state index in [1.54, 1.807) is 6.07 Å². The molecule has 0 saturated carbocycles. The highest BCUT2D eigenvalue weighted by Gasteiger charge is 2.39. The van der Waals surface area contributed by atoms with Crippen molar-refractivity contribution < 1.29 is 9.53 Å². The second-order valence-corrected chi connectivity index (χ2v) is 7.22. The molecule has 5 heteroatoms. The Kier molecular flexibility index (Phi) is 4.22. The normalized spacial score (nSPS) is 23.6. The molecule has 0 amide bonds. The molecule has 2 aliphatic rings. The Morgan fingerprint density at radius 3 is 2.80 bits per heavy atom. The number of halogens is 2. The van der Waals surface area contributed by atoms with Crippen molar-refractivity contribution >= 4 is 34.9 Å². The summed E-state index contributed by atoms with van der Waals surface area (Å²) in [6, 6.07) is 11.6. The van der Waals surface area contributed by atoms with E-state index >= 15 is 0 Å². The zero-order valence-electron chi connectivity index (χ0n) is 13.6. The molecule has 0 fully saturated rings. The van der Waals surface area contributed by atoms with E-state index < -0.39 is 0 Å². The summed E-state index contributed by atoms with van der Waals surface area (Å²) in [6.45, 7) is 0. The number of allylic oxidation sites excluding steroid dienone is 2. The number of hydrogen-bond donors (Lipinski definition) is 1. The summed E-state index contributed by atoms with van der Waals surface area (Å²) in [6.07, 6.45) is 5.42. The van der Waals surface area contributed by atoms with Gasteiger partial charge in [0, 0.05) is 5.92 Å². The Bertz CT molecular complexity index is 878. The van der Waals surface area contributed by atoms with Crippen LogP contribution in [0.15, 0.2) is 48.6 Å². The fraction of sp³-hybridized carbons (Fsp3) is 0.250. The van der Waals surface area contributed by atoms with Crippen LogP contribution < -0.4 is 5.32 Å². The van der Waals surface area contributed by atoms with E-state index in [-0.39, 0.29) is 17.9 Å². The molecule has 25 heavy (non-hydrogen) atoms. The van der Waals surface area contributed by atoms with E-state index in [2.05, 4.69) is 23.5 Å². The van der Waals surface area contributed by atoms with E-state index in [0.29, 0.717) is 21.5 Å². The first-order valence-electron chi connectivity index (χ1n) is 8.19. The van der Waals surface area contributed by atoms with Gasteiger partial charge in [0.2, 0.25) is 0 Å². The average molecular weight is 374 g/mol. The van der Waals surface area contributed by atoms with Gasteiger partial charge in [-0.25, -0.2) is 4.79 Å². The second kappa shape index (κ2) is 6.40. The third-order valence-electron chi connectivity index (χ3n) is 5.10. The van der Waals surface area contributed by atoms with Crippen LogP contribution >= 0.6 is 23.2 Å². The lowest BCUT2D eigenvalue weighted by Gasteiger charge is -2.38. The van der Waals surface area contributed by atoms with Crippen LogP contribution in [0.3, 0.4) is 0 Å². The van der Waals surface area contributed by atoms with Gasteiger partial charge < -0.3 is 10.1 Å². The highest BCUT2D eigenvalue weighted by molar-refractivity contribution is 6.42. The van der Waals surface area contributed by atoms with Crippen LogP contribution in [-0.4, -0.2) is 13.1 Å². The Hall–Kier alpha value is -1.97. The smallest absolute Gasteiger partial charge is 0.339 e. The van der Waals surface area contributed by atoms with Crippen molar-refractivity contribution in [2.24, 2.45) is 5.92 Å². The molecule has 2 aromatic rings. The number of esters is 1. The first-order valence-corrected chi connectivity index (χ1v) is 8.95. The Morgan fingerprint density at radius 2 is 2.04 bits per heavy atom. The number of nitrogens with one attached hydrogen (secondary N) is 1. The molecule has 1 heterocycles. The maximum Gasteiger partial charge on any atom is 0.339 e. The van der Waals surface area contributed by atoms with E-state index in [1.807, 2.05) is 24.3 Å². The number of anilines is 1. The number of hydrogen-bond acceptors (Lipinski definition) is 3. The number of benzene rings is 2. The van der Waals surface area contributed by atoms with E-state index in [4.69, 9.17) is 27.9 Å². The number of fused-ring (bicyclic) bond motifs is 3. The Morgan fingerprint density at radius 1 is 1.20 bits per heavy atom. The number of rotatable bonds is 2. The van der Waals surface area contributed by atoms with Gasteiger partial charge in [-0.3, -0.25) is 0 Å². The SMILES string of the molecule is COC(=O)c1cccc2c1N[C@@H](c1ccc(Cl)c(Cl)c1)[C@H]1CC=C[C@@H]21. The minimum absolute atomic E-state index is 0.0491. The van der Waals surface area contributed by atoms with Gasteiger partial charge in [0.25, 0.3) is 0 Å². The Labute approximate surface area is 156 Å². The zero-order valence-corrected chi connectivity index (χ0v) is 15.1. The molecule has 0 saturated heterocycles. The topological polar surface area (TPSA) is 38.3 Å². The van der Waals surface area contributed by atoms with E-state index in [9.17, 15) is 4.79 Å². The molecule has 1 aliphatic heterocycles. The first kappa shape index (κ1) is 16.5. The third-order valence-corrected chi connectivity index (χ3v) is 5.84. The van der Waals surface area contributed by atoms with Crippen LogP contribution in [0.25, 0.3) is 0 Å². The molecule has 0 radical (unpaired) electrons. The summed E-state index contributed by atoms with van der Waals surface area (Å²) in [5, 5.41) is 4.65. The lowest BCUT2D eigenvalue weighted by Crippen LogP contribution is -2.30. The van der Waals surface area contributed by atoms with Gasteiger partial charge in [-0.15, -0.1) is 0 Å². The molecular formula is C20H17Cl2NO2. The van der Waals surface area contributed by atoms with E-state index in [1.165, 1.54) is 7.11 Å². The molecule has 3 atom stereocenters. The lowest BCUT2D eigenvalue weighted by molar-refractivity contribution is 0.0601. The van der Waals surface area contributed by atoms with Gasteiger partial charge in [-0.1, -0.05) is 53.6 Å². The maximum absolute atomic E-state index is 12.2. The van der Waals surface area contributed by atoms with Gasteiger partial charge in [-0.05, 0) is 41.7 Å². The fourth-order valence-corrected chi connectivity index (χ4v) is 4.24. The number of carbonyl (C=O) groups is 1. The highest BCUT2D eigenvalue weighted by atomic mass is 35.5. The number of methoxy groups -OCH3 is 1. The quantitative estimate of drug-likeness (QED) is 0.549. The molecule has 1 aliphatic carbocycles. The first-order chi connectivity index (χ1) is 12.1. The predicted octanol–water partition coefficient (Wildman–Crippen LogP) is 5.61. The summed E-state index contributed by atoms with van der Waals surface area (Å²) < 4.78 is 4.95. The van der Waals surface area contributed by atoms with Crippen LogP contribution in [0.4, 0.5) is 5.69 Å². The van der Waals surface area contributed by atoms with Crippen LogP contribution in [-0.2, 0) is 4.74 Å². The highest BCUT2D eigenvalue weighted by Crippen LogP contribution is 2.51. The summed E-state index contributed by atoms with van der Waals surface area (Å²) in [5.74, 6) is 0.301. The van der Waals surface area contributed by atoms with E-state index in [0.717, 1.165) is 23.2 Å². The molecule has 2 aromatic carbocycles. The minimum Gasteiger partial charge on any atom is -0.465 e. The summed E-state index contributed by atoms with van der Waals surface area (Å²) in [5.41, 5.74) is 3.61. The maximum atomic E-state index is 12.2. The largest absolute Gasteiger partial charge is 0.465 e.